The normalized spacial score (nSPS) is 11.7. The summed E-state index contributed by atoms with van der Waals surface area (Å²) in [5.41, 5.74) is 11.0. The van der Waals surface area contributed by atoms with Crippen molar-refractivity contribution in [3.05, 3.63) is 200 Å². The maximum atomic E-state index is 6.79. The number of benzene rings is 9. The maximum absolute atomic E-state index is 6.79. The number of furan rings is 1. The molecule has 0 fully saturated rings. The average molecular weight is 784 g/mol. The molecule has 0 bridgehead atoms. The van der Waals surface area contributed by atoms with Crippen molar-refractivity contribution < 1.29 is 4.42 Å². The molecule has 12 aromatic rings. The van der Waals surface area contributed by atoms with Gasteiger partial charge >= 0.3 is 0 Å². The highest BCUT2D eigenvalue weighted by atomic mass is 32.1. The van der Waals surface area contributed by atoms with E-state index in [9.17, 15) is 0 Å². The van der Waals surface area contributed by atoms with Gasteiger partial charge in [0.05, 0.1) is 0 Å². The molecule has 0 aliphatic carbocycles. The van der Waals surface area contributed by atoms with Crippen molar-refractivity contribution in [2.24, 2.45) is 0 Å². The lowest BCUT2D eigenvalue weighted by atomic mass is 9.95. The zero-order chi connectivity index (χ0) is 39.6. The number of fused-ring (bicyclic) bond motifs is 7. The Morgan fingerprint density at radius 2 is 0.883 bits per heavy atom. The maximum Gasteiger partial charge on any atom is 0.164 e. The number of nitrogens with zero attached hydrogens (tertiary/aromatic N) is 3. The van der Waals surface area contributed by atoms with Crippen LogP contribution >= 0.6 is 11.3 Å². The molecule has 0 atom stereocenters. The van der Waals surface area contributed by atoms with Crippen LogP contribution in [0.5, 0.6) is 0 Å². The van der Waals surface area contributed by atoms with Gasteiger partial charge in [-0.3, -0.25) is 0 Å². The van der Waals surface area contributed by atoms with Crippen LogP contribution in [-0.4, -0.2) is 15.0 Å². The van der Waals surface area contributed by atoms with Crippen LogP contribution < -0.4 is 0 Å². The second-order valence-corrected chi connectivity index (χ2v) is 16.3. The fourth-order valence-electron chi connectivity index (χ4n) is 8.51. The summed E-state index contributed by atoms with van der Waals surface area (Å²) in [6.45, 7) is 0. The van der Waals surface area contributed by atoms with Gasteiger partial charge in [0.2, 0.25) is 0 Å². The minimum atomic E-state index is 0.584. The molecule has 0 spiro atoms. The summed E-state index contributed by atoms with van der Waals surface area (Å²) < 4.78 is 9.25. The molecule has 280 valence electrons. The van der Waals surface area contributed by atoms with Crippen molar-refractivity contribution in [3.8, 4) is 67.5 Å². The molecule has 0 radical (unpaired) electrons. The minimum absolute atomic E-state index is 0.584. The molecule has 9 aromatic carbocycles. The highest BCUT2D eigenvalue weighted by Gasteiger charge is 2.21. The third kappa shape index (κ3) is 5.95. The van der Waals surface area contributed by atoms with E-state index in [2.05, 4.69) is 188 Å². The zero-order valence-corrected chi connectivity index (χ0v) is 33.0. The molecule has 60 heavy (non-hydrogen) atoms. The lowest BCUT2D eigenvalue weighted by Gasteiger charge is -2.12. The van der Waals surface area contributed by atoms with Crippen LogP contribution in [0.4, 0.5) is 0 Å². The van der Waals surface area contributed by atoms with Crippen molar-refractivity contribution in [3.63, 3.8) is 0 Å². The summed E-state index contributed by atoms with van der Waals surface area (Å²) in [5.74, 6) is 1.80. The molecule has 0 N–H and O–H groups in total. The quantitative estimate of drug-likeness (QED) is 0.169. The van der Waals surface area contributed by atoms with E-state index in [4.69, 9.17) is 19.4 Å². The Morgan fingerprint density at radius 3 is 1.67 bits per heavy atom. The number of aromatic nitrogens is 3. The van der Waals surface area contributed by atoms with Gasteiger partial charge < -0.3 is 4.42 Å². The second kappa shape index (κ2) is 14.0. The number of rotatable bonds is 6. The van der Waals surface area contributed by atoms with Crippen molar-refractivity contribution in [1.29, 1.82) is 0 Å². The Balaban J connectivity index is 1.11. The Labute approximate surface area is 349 Å². The van der Waals surface area contributed by atoms with E-state index in [1.807, 2.05) is 12.1 Å². The van der Waals surface area contributed by atoms with Gasteiger partial charge in [-0.15, -0.1) is 11.3 Å². The third-order valence-electron chi connectivity index (χ3n) is 11.5. The Morgan fingerprint density at radius 1 is 0.317 bits per heavy atom. The third-order valence-corrected chi connectivity index (χ3v) is 12.6. The SMILES string of the molecule is c1ccc(-c2ccc(-c3nc(-c4ccc5c(c4)sc4ccccc45)nc(-c4cc(-c5cccc(-c6ccccc6)c5)cc5oc6cc7ccccc7cc6c45)n3)cc2)cc1. The van der Waals surface area contributed by atoms with Crippen LogP contribution in [-0.2, 0) is 0 Å². The number of thiophene rings is 1. The van der Waals surface area contributed by atoms with E-state index < -0.39 is 0 Å². The van der Waals surface area contributed by atoms with Gasteiger partial charge in [0.25, 0.3) is 0 Å². The highest BCUT2D eigenvalue weighted by Crippen LogP contribution is 2.42. The number of hydrogen-bond acceptors (Lipinski definition) is 5. The summed E-state index contributed by atoms with van der Waals surface area (Å²) in [6, 6.07) is 70.5. The molecule has 0 saturated carbocycles. The lowest BCUT2D eigenvalue weighted by Crippen LogP contribution is -2.01. The zero-order valence-electron chi connectivity index (χ0n) is 32.2. The molecule has 5 heteroatoms. The molecule has 0 unspecified atom stereocenters. The standard InChI is InChI=1S/C55H33N3OS/c1-3-12-34(13-4-1)36-22-24-37(25-23-36)53-56-54(42-26-27-45-44-20-9-10-21-50(44)60-51(45)33-42)58-55(57-53)47-30-43(39-19-11-18-38(28-39)35-14-5-2-6-15-35)32-49-52(47)46-29-40-16-7-8-17-41(40)31-48(46)59-49/h1-33H. The van der Waals surface area contributed by atoms with E-state index in [1.54, 1.807) is 11.3 Å². The van der Waals surface area contributed by atoms with E-state index in [0.29, 0.717) is 17.5 Å². The first-order valence-corrected chi connectivity index (χ1v) is 20.9. The largest absolute Gasteiger partial charge is 0.456 e. The Hall–Kier alpha value is -7.73. The van der Waals surface area contributed by atoms with E-state index in [-0.39, 0.29) is 0 Å². The molecule has 0 amide bonds. The van der Waals surface area contributed by atoms with Crippen molar-refractivity contribution in [2.45, 2.75) is 0 Å². The fraction of sp³-hybridized carbons (Fsp3) is 0. The summed E-state index contributed by atoms with van der Waals surface area (Å²) >= 11 is 1.79. The summed E-state index contributed by atoms with van der Waals surface area (Å²) in [6.07, 6.45) is 0. The van der Waals surface area contributed by atoms with Crippen LogP contribution in [0, 0.1) is 0 Å². The molecule has 0 saturated heterocycles. The molecule has 0 aliphatic heterocycles. The van der Waals surface area contributed by atoms with E-state index >= 15 is 0 Å². The summed E-state index contributed by atoms with van der Waals surface area (Å²) in [7, 11) is 0. The van der Waals surface area contributed by atoms with Gasteiger partial charge in [-0.25, -0.2) is 15.0 Å². The van der Waals surface area contributed by atoms with E-state index in [1.165, 1.54) is 20.2 Å². The van der Waals surface area contributed by atoms with Crippen LogP contribution in [0.1, 0.15) is 0 Å². The van der Waals surface area contributed by atoms with Crippen LogP contribution in [0.3, 0.4) is 0 Å². The van der Waals surface area contributed by atoms with Gasteiger partial charge in [0.15, 0.2) is 17.5 Å². The molecule has 4 nitrogen and oxygen atoms in total. The van der Waals surface area contributed by atoms with Crippen molar-refractivity contribution in [2.75, 3.05) is 0 Å². The van der Waals surface area contributed by atoms with Crippen LogP contribution in [0.2, 0.25) is 0 Å². The van der Waals surface area contributed by atoms with Crippen LogP contribution in [0.25, 0.3) is 120 Å². The van der Waals surface area contributed by atoms with Gasteiger partial charge in [-0.1, -0.05) is 158 Å². The topological polar surface area (TPSA) is 51.8 Å². The predicted molar refractivity (Wildman–Crippen MR) is 250 cm³/mol. The highest BCUT2D eigenvalue weighted by molar-refractivity contribution is 7.25. The minimum Gasteiger partial charge on any atom is -0.456 e. The van der Waals surface area contributed by atoms with Crippen molar-refractivity contribution >= 4 is 64.2 Å². The van der Waals surface area contributed by atoms with E-state index in [0.717, 1.165) is 82.8 Å². The van der Waals surface area contributed by atoms with Gasteiger partial charge in [0.1, 0.15) is 11.2 Å². The second-order valence-electron chi connectivity index (χ2n) is 15.2. The Bertz CT molecular complexity index is 3590. The average Bonchev–Trinajstić information content (AvgIpc) is 3.88. The van der Waals surface area contributed by atoms with Crippen molar-refractivity contribution in [1.82, 2.24) is 15.0 Å². The number of hydrogen-bond donors (Lipinski definition) is 0. The molecular weight excluding hydrogens is 751 g/mol. The Kier molecular flexibility index (Phi) is 8.00. The lowest BCUT2D eigenvalue weighted by molar-refractivity contribution is 0.669. The summed E-state index contributed by atoms with van der Waals surface area (Å²) in [4.78, 5) is 15.9. The molecule has 0 aliphatic rings. The van der Waals surface area contributed by atoms with Crippen LogP contribution in [0.15, 0.2) is 205 Å². The first-order valence-electron chi connectivity index (χ1n) is 20.1. The monoisotopic (exact) mass is 783 g/mol. The first-order chi connectivity index (χ1) is 29.7. The summed E-state index contributed by atoms with van der Waals surface area (Å²) in [5, 5.41) is 6.75. The predicted octanol–water partition coefficient (Wildman–Crippen LogP) is 15.3. The molecule has 3 aromatic heterocycles. The molecule has 12 rings (SSSR count). The first kappa shape index (κ1) is 34.3. The van der Waals surface area contributed by atoms with Gasteiger partial charge in [-0.05, 0) is 86.6 Å². The van der Waals surface area contributed by atoms with Gasteiger partial charge in [0, 0.05) is 47.6 Å². The molecule has 3 heterocycles. The van der Waals surface area contributed by atoms with Gasteiger partial charge in [-0.2, -0.15) is 0 Å². The molecular formula is C55H33N3OS. The fourth-order valence-corrected chi connectivity index (χ4v) is 9.65. The smallest absolute Gasteiger partial charge is 0.164 e.